The zero-order valence-corrected chi connectivity index (χ0v) is 19.5. The number of aliphatic hydroxyl groups excluding tert-OH is 1. The molecule has 176 valence electrons. The van der Waals surface area contributed by atoms with Crippen LogP contribution in [0.5, 0.6) is 0 Å². The van der Waals surface area contributed by atoms with Crippen LogP contribution in [0, 0.1) is 5.41 Å². The third kappa shape index (κ3) is 3.68. The number of amides is 1. The maximum Gasteiger partial charge on any atom is 0.412 e. The fourth-order valence-corrected chi connectivity index (χ4v) is 5.29. The number of nitrogens with zero attached hydrogens (tertiary/aromatic N) is 2. The monoisotopic (exact) mass is 446 g/mol. The molecule has 0 spiro atoms. The van der Waals surface area contributed by atoms with Crippen molar-refractivity contribution in [3.63, 3.8) is 0 Å². The lowest BCUT2D eigenvalue weighted by Gasteiger charge is -2.42. The van der Waals surface area contributed by atoms with Crippen LogP contribution < -0.4 is 0 Å². The van der Waals surface area contributed by atoms with E-state index >= 15 is 0 Å². The van der Waals surface area contributed by atoms with Gasteiger partial charge >= 0.3 is 12.1 Å². The predicted molar refractivity (Wildman–Crippen MR) is 116 cm³/mol. The van der Waals surface area contributed by atoms with Crippen LogP contribution in [-0.4, -0.2) is 69.8 Å². The number of carbonyl (C=O) groups excluding carboxylic acids is 2. The van der Waals surface area contributed by atoms with Gasteiger partial charge in [0.15, 0.2) is 11.8 Å². The summed E-state index contributed by atoms with van der Waals surface area (Å²) < 4.78 is 17.2. The number of hydrogen-bond donors (Lipinski definition) is 1. The van der Waals surface area contributed by atoms with Gasteiger partial charge in [0.05, 0.1) is 12.6 Å². The number of aliphatic hydroxyl groups is 1. The molecule has 4 atom stereocenters. The van der Waals surface area contributed by atoms with Crippen LogP contribution in [0.1, 0.15) is 53.0 Å². The van der Waals surface area contributed by atoms with E-state index in [4.69, 9.17) is 14.2 Å². The maximum absolute atomic E-state index is 13.2. The molecule has 0 aliphatic carbocycles. The smallest absolute Gasteiger partial charge is 0.412 e. The van der Waals surface area contributed by atoms with Crippen molar-refractivity contribution in [3.05, 3.63) is 35.9 Å². The topological polar surface area (TPSA) is 88.5 Å². The van der Waals surface area contributed by atoms with Crippen LogP contribution >= 0.6 is 0 Å². The number of esters is 1. The van der Waals surface area contributed by atoms with Gasteiger partial charge in [-0.05, 0) is 32.3 Å². The standard InChI is InChI=1S/C24H34N2O6/c1-22(2,3)19-25-13-9-12-24(25,20(28)32-19)18(27)17-15-31-23(4,5)26(17)21(29)30-14-16-10-7-6-8-11-16/h6-8,10-11,17-19,27H,9,12-15H2,1-5H3/t17-,18+,19-,24-/m1/s1. The highest BCUT2D eigenvalue weighted by Crippen LogP contribution is 2.48. The average Bonchev–Trinajstić information content (AvgIpc) is 3.38. The fraction of sp³-hybridized carbons (Fsp3) is 0.667. The molecule has 0 aromatic heterocycles. The molecule has 8 nitrogen and oxygen atoms in total. The molecule has 0 saturated carbocycles. The predicted octanol–water partition coefficient (Wildman–Crippen LogP) is 2.88. The SMILES string of the molecule is CC(C)(C)[C@H]1OC(=O)[C@]2([C@@H](O)[C@H]3COC(C)(C)N3C(=O)OCc3ccccc3)CCCN12. The van der Waals surface area contributed by atoms with Crippen LogP contribution in [0.2, 0.25) is 0 Å². The van der Waals surface area contributed by atoms with E-state index in [0.717, 1.165) is 12.0 Å². The molecule has 3 aliphatic rings. The van der Waals surface area contributed by atoms with E-state index in [1.807, 2.05) is 56.0 Å². The van der Waals surface area contributed by atoms with Crippen LogP contribution in [0.3, 0.4) is 0 Å². The molecule has 1 amide bonds. The van der Waals surface area contributed by atoms with Crippen molar-refractivity contribution in [1.82, 2.24) is 9.80 Å². The van der Waals surface area contributed by atoms with E-state index < -0.39 is 41.7 Å². The van der Waals surface area contributed by atoms with Gasteiger partial charge in [0, 0.05) is 12.0 Å². The molecule has 32 heavy (non-hydrogen) atoms. The summed E-state index contributed by atoms with van der Waals surface area (Å²) in [6.45, 7) is 10.4. The summed E-state index contributed by atoms with van der Waals surface area (Å²) in [5, 5.41) is 11.6. The lowest BCUT2D eigenvalue weighted by atomic mass is 9.84. The molecule has 8 heteroatoms. The lowest BCUT2D eigenvalue weighted by Crippen LogP contribution is -2.64. The highest BCUT2D eigenvalue weighted by molar-refractivity contribution is 5.85. The van der Waals surface area contributed by atoms with Gasteiger partial charge in [0.25, 0.3) is 0 Å². The van der Waals surface area contributed by atoms with Crippen LogP contribution in [0.15, 0.2) is 30.3 Å². The molecule has 0 unspecified atom stereocenters. The van der Waals surface area contributed by atoms with Crippen molar-refractivity contribution >= 4 is 12.1 Å². The molecular formula is C24H34N2O6. The molecule has 1 N–H and O–H groups in total. The first-order chi connectivity index (χ1) is 15.0. The van der Waals surface area contributed by atoms with Gasteiger partial charge in [0.2, 0.25) is 0 Å². The Balaban J connectivity index is 1.58. The van der Waals surface area contributed by atoms with Gasteiger partial charge in [0.1, 0.15) is 18.4 Å². The van der Waals surface area contributed by atoms with Crippen molar-refractivity contribution in [3.8, 4) is 0 Å². The Labute approximate surface area is 189 Å². The first kappa shape index (κ1) is 23.0. The molecule has 4 rings (SSSR count). The highest BCUT2D eigenvalue weighted by atomic mass is 16.6. The Morgan fingerprint density at radius 1 is 1.28 bits per heavy atom. The molecule has 3 heterocycles. The van der Waals surface area contributed by atoms with Crippen molar-refractivity contribution in [1.29, 1.82) is 0 Å². The summed E-state index contributed by atoms with van der Waals surface area (Å²) in [5.41, 5.74) is -1.61. The average molecular weight is 447 g/mol. The quantitative estimate of drug-likeness (QED) is 0.712. The van der Waals surface area contributed by atoms with Gasteiger partial charge in [-0.2, -0.15) is 0 Å². The van der Waals surface area contributed by atoms with Crippen LogP contribution in [0.25, 0.3) is 0 Å². The molecule has 3 aliphatic heterocycles. The maximum atomic E-state index is 13.2. The zero-order chi connectivity index (χ0) is 23.3. The van der Waals surface area contributed by atoms with Gasteiger partial charge < -0.3 is 19.3 Å². The Morgan fingerprint density at radius 3 is 2.62 bits per heavy atom. The van der Waals surface area contributed by atoms with Crippen molar-refractivity contribution in [2.75, 3.05) is 13.2 Å². The summed E-state index contributed by atoms with van der Waals surface area (Å²) in [4.78, 5) is 29.7. The fourth-order valence-electron chi connectivity index (χ4n) is 5.29. The first-order valence-electron chi connectivity index (χ1n) is 11.3. The summed E-state index contributed by atoms with van der Waals surface area (Å²) in [5.74, 6) is -0.426. The van der Waals surface area contributed by atoms with E-state index in [0.29, 0.717) is 13.0 Å². The van der Waals surface area contributed by atoms with E-state index in [9.17, 15) is 14.7 Å². The molecule has 0 radical (unpaired) electrons. The number of fused-ring (bicyclic) bond motifs is 1. The second-order valence-electron chi connectivity index (χ2n) is 10.5. The number of rotatable bonds is 4. The van der Waals surface area contributed by atoms with Crippen LogP contribution in [0.4, 0.5) is 4.79 Å². The molecule has 1 aromatic rings. The molecule has 3 fully saturated rings. The molecule has 0 bridgehead atoms. The third-order valence-electron chi connectivity index (χ3n) is 6.84. The lowest BCUT2D eigenvalue weighted by molar-refractivity contribution is -0.152. The van der Waals surface area contributed by atoms with E-state index in [1.54, 1.807) is 13.8 Å². The summed E-state index contributed by atoms with van der Waals surface area (Å²) in [7, 11) is 0. The van der Waals surface area contributed by atoms with Gasteiger partial charge in [-0.1, -0.05) is 51.1 Å². The Hall–Kier alpha value is -2.16. The zero-order valence-electron chi connectivity index (χ0n) is 19.5. The van der Waals surface area contributed by atoms with Gasteiger partial charge in [-0.25, -0.2) is 14.5 Å². The minimum atomic E-state index is -1.19. The Bertz CT molecular complexity index is 867. The summed E-state index contributed by atoms with van der Waals surface area (Å²) in [6, 6.07) is 8.67. The van der Waals surface area contributed by atoms with E-state index in [2.05, 4.69) is 0 Å². The number of ether oxygens (including phenoxy) is 3. The first-order valence-corrected chi connectivity index (χ1v) is 11.3. The van der Waals surface area contributed by atoms with E-state index in [1.165, 1.54) is 4.90 Å². The second kappa shape index (κ2) is 8.01. The minimum Gasteiger partial charge on any atom is -0.444 e. The Kier molecular flexibility index (Phi) is 5.76. The Morgan fingerprint density at radius 2 is 1.97 bits per heavy atom. The summed E-state index contributed by atoms with van der Waals surface area (Å²) >= 11 is 0. The number of hydrogen-bond acceptors (Lipinski definition) is 7. The molecule has 1 aromatic carbocycles. The minimum absolute atomic E-state index is 0.109. The largest absolute Gasteiger partial charge is 0.444 e. The van der Waals surface area contributed by atoms with Gasteiger partial charge in [-0.3, -0.25) is 4.90 Å². The van der Waals surface area contributed by atoms with E-state index in [-0.39, 0.29) is 18.6 Å². The summed E-state index contributed by atoms with van der Waals surface area (Å²) in [6.07, 6.45) is -0.936. The van der Waals surface area contributed by atoms with Crippen molar-refractivity contribution < 1.29 is 28.9 Å². The van der Waals surface area contributed by atoms with Gasteiger partial charge in [-0.15, -0.1) is 0 Å². The second-order valence-corrected chi connectivity index (χ2v) is 10.5. The normalized spacial score (nSPS) is 30.8. The molecular weight excluding hydrogens is 412 g/mol. The number of carbonyl (C=O) groups is 2. The third-order valence-corrected chi connectivity index (χ3v) is 6.84. The molecule has 3 saturated heterocycles. The van der Waals surface area contributed by atoms with Crippen LogP contribution in [-0.2, 0) is 25.6 Å². The highest BCUT2D eigenvalue weighted by Gasteiger charge is 2.67. The van der Waals surface area contributed by atoms with Crippen molar-refractivity contribution in [2.24, 2.45) is 5.41 Å². The van der Waals surface area contributed by atoms with Crippen molar-refractivity contribution in [2.45, 2.75) is 83.7 Å². The number of benzene rings is 1. The number of cyclic esters (lactones) is 1.